The molecule has 6 nitrogen and oxygen atoms in total. The molecule has 0 spiro atoms. The second-order valence-electron chi connectivity index (χ2n) is 4.93. The van der Waals surface area contributed by atoms with Gasteiger partial charge in [0.05, 0.1) is 11.1 Å². The Hall–Kier alpha value is -2.84. The maximum Gasteiger partial charge on any atom is 0.416 e. The van der Waals surface area contributed by atoms with Gasteiger partial charge >= 0.3 is 12.1 Å². The molecule has 0 bridgehead atoms. The zero-order valence-corrected chi connectivity index (χ0v) is 12.7. The number of amides is 1. The van der Waals surface area contributed by atoms with Crippen LogP contribution in [0.4, 0.5) is 19.0 Å². The molecule has 0 fully saturated rings. The lowest BCUT2D eigenvalue weighted by atomic mass is 10.1. The van der Waals surface area contributed by atoms with E-state index in [-0.39, 0.29) is 11.4 Å². The van der Waals surface area contributed by atoms with E-state index in [2.05, 4.69) is 10.5 Å². The first kappa shape index (κ1) is 17.5. The molecule has 1 N–H and O–H groups in total. The second-order valence-corrected chi connectivity index (χ2v) is 4.93. The lowest BCUT2D eigenvalue weighted by Gasteiger charge is -2.12. The number of aromatic nitrogens is 1. The average molecular weight is 342 g/mol. The van der Waals surface area contributed by atoms with E-state index in [4.69, 9.17) is 9.26 Å². The summed E-state index contributed by atoms with van der Waals surface area (Å²) in [5.74, 6) is -0.916. The zero-order valence-electron chi connectivity index (χ0n) is 12.7. The Morgan fingerprint density at radius 3 is 2.38 bits per heavy atom. The van der Waals surface area contributed by atoms with Crippen LogP contribution in [0.25, 0.3) is 0 Å². The molecule has 2 aromatic rings. The van der Waals surface area contributed by atoms with Crippen molar-refractivity contribution in [3.8, 4) is 0 Å². The number of benzene rings is 1. The Bertz CT molecular complexity index is 738. The summed E-state index contributed by atoms with van der Waals surface area (Å²) in [7, 11) is 0. The molecule has 0 aliphatic carbocycles. The van der Waals surface area contributed by atoms with Gasteiger partial charge in [-0.2, -0.15) is 13.2 Å². The van der Waals surface area contributed by atoms with Crippen molar-refractivity contribution in [1.82, 2.24) is 5.16 Å². The first-order chi connectivity index (χ1) is 11.2. The molecule has 0 aliphatic rings. The molecule has 24 heavy (non-hydrogen) atoms. The molecule has 0 saturated carbocycles. The second kappa shape index (κ2) is 6.73. The quantitative estimate of drug-likeness (QED) is 0.863. The highest BCUT2D eigenvalue weighted by atomic mass is 19.4. The third-order valence-electron chi connectivity index (χ3n) is 2.98. The van der Waals surface area contributed by atoms with Crippen molar-refractivity contribution in [1.29, 1.82) is 0 Å². The van der Waals surface area contributed by atoms with Crippen LogP contribution < -0.4 is 5.32 Å². The van der Waals surface area contributed by atoms with E-state index in [0.29, 0.717) is 5.76 Å². The summed E-state index contributed by atoms with van der Waals surface area (Å²) < 4.78 is 47.1. The van der Waals surface area contributed by atoms with E-state index in [1.54, 1.807) is 6.92 Å². The number of carbonyl (C=O) groups excluding carboxylic acids is 2. The molecular weight excluding hydrogens is 329 g/mol. The predicted octanol–water partition coefficient (Wildman–Crippen LogP) is 3.19. The standard InChI is InChI=1S/C15H13F3N2O4/c1-8-7-12(20-24-8)19-13(21)9(2)23-14(22)10-3-5-11(6-4-10)15(16,17)18/h3-7,9H,1-2H3,(H,19,20,21). The molecule has 1 aromatic carbocycles. The molecule has 0 radical (unpaired) electrons. The number of aryl methyl sites for hydroxylation is 1. The number of nitrogens with zero attached hydrogens (tertiary/aromatic N) is 1. The summed E-state index contributed by atoms with van der Waals surface area (Å²) in [5.41, 5.74) is -0.980. The van der Waals surface area contributed by atoms with Gasteiger partial charge in [-0.1, -0.05) is 5.16 Å². The molecule has 0 saturated heterocycles. The van der Waals surface area contributed by atoms with Gasteiger partial charge in [0, 0.05) is 6.07 Å². The van der Waals surface area contributed by atoms with Crippen LogP contribution >= 0.6 is 0 Å². The molecule has 9 heteroatoms. The van der Waals surface area contributed by atoms with Crippen LogP contribution in [-0.4, -0.2) is 23.1 Å². The maximum absolute atomic E-state index is 12.5. The molecule has 0 aliphatic heterocycles. The van der Waals surface area contributed by atoms with Crippen molar-refractivity contribution in [2.45, 2.75) is 26.1 Å². The smallest absolute Gasteiger partial charge is 0.416 e. The Labute approximate surface area is 134 Å². The Morgan fingerprint density at radius 2 is 1.88 bits per heavy atom. The highest BCUT2D eigenvalue weighted by Gasteiger charge is 2.30. The minimum absolute atomic E-state index is 0.0973. The van der Waals surface area contributed by atoms with Crippen LogP contribution in [0, 0.1) is 6.92 Å². The van der Waals surface area contributed by atoms with Crippen LogP contribution in [0.1, 0.15) is 28.6 Å². The van der Waals surface area contributed by atoms with Crippen LogP contribution in [0.5, 0.6) is 0 Å². The summed E-state index contributed by atoms with van der Waals surface area (Å²) in [5, 5.41) is 5.93. The van der Waals surface area contributed by atoms with Gasteiger partial charge in [0.25, 0.3) is 5.91 Å². The van der Waals surface area contributed by atoms with E-state index >= 15 is 0 Å². The summed E-state index contributed by atoms with van der Waals surface area (Å²) >= 11 is 0. The highest BCUT2D eigenvalue weighted by Crippen LogP contribution is 2.29. The number of alkyl halides is 3. The molecule has 1 aromatic heterocycles. The first-order valence-electron chi connectivity index (χ1n) is 6.79. The van der Waals surface area contributed by atoms with Crippen LogP contribution in [0.2, 0.25) is 0 Å². The van der Waals surface area contributed by atoms with Crippen LogP contribution in [0.3, 0.4) is 0 Å². The number of hydrogen-bond donors (Lipinski definition) is 1. The fourth-order valence-corrected chi connectivity index (χ4v) is 1.73. The summed E-state index contributed by atoms with van der Waals surface area (Å²) in [6.07, 6.45) is -5.66. The van der Waals surface area contributed by atoms with Crippen molar-refractivity contribution in [3.63, 3.8) is 0 Å². The number of anilines is 1. The van der Waals surface area contributed by atoms with Crippen molar-refractivity contribution in [2.24, 2.45) is 0 Å². The van der Waals surface area contributed by atoms with E-state index in [1.807, 2.05) is 0 Å². The number of halogens is 3. The van der Waals surface area contributed by atoms with Crippen molar-refractivity contribution < 1.29 is 32.0 Å². The number of carbonyl (C=O) groups is 2. The molecule has 2 rings (SSSR count). The van der Waals surface area contributed by atoms with Gasteiger partial charge in [-0.3, -0.25) is 4.79 Å². The number of ether oxygens (including phenoxy) is 1. The predicted molar refractivity (Wildman–Crippen MR) is 76.2 cm³/mol. The topological polar surface area (TPSA) is 81.4 Å². The van der Waals surface area contributed by atoms with Gasteiger partial charge in [0.1, 0.15) is 5.76 Å². The molecule has 1 unspecified atom stereocenters. The first-order valence-corrected chi connectivity index (χ1v) is 6.79. The average Bonchev–Trinajstić information content (AvgIpc) is 2.91. The van der Waals surface area contributed by atoms with Crippen molar-refractivity contribution >= 4 is 17.7 Å². The lowest BCUT2D eigenvalue weighted by Crippen LogP contribution is -2.30. The Balaban J connectivity index is 1.96. The van der Waals surface area contributed by atoms with Gasteiger partial charge < -0.3 is 14.6 Å². The molecule has 1 atom stereocenters. The van der Waals surface area contributed by atoms with Gasteiger partial charge in [0.2, 0.25) is 0 Å². The van der Waals surface area contributed by atoms with Gasteiger partial charge in [0.15, 0.2) is 11.9 Å². The monoisotopic (exact) mass is 342 g/mol. The highest BCUT2D eigenvalue weighted by molar-refractivity contribution is 5.96. The van der Waals surface area contributed by atoms with E-state index in [9.17, 15) is 22.8 Å². The molecule has 1 amide bonds. The maximum atomic E-state index is 12.5. The van der Waals surface area contributed by atoms with Crippen molar-refractivity contribution in [3.05, 3.63) is 47.2 Å². The lowest BCUT2D eigenvalue weighted by molar-refractivity contribution is -0.137. The SMILES string of the molecule is Cc1cc(NC(=O)C(C)OC(=O)c2ccc(C(F)(F)F)cc2)no1. The molecule has 128 valence electrons. The third-order valence-corrected chi connectivity index (χ3v) is 2.98. The summed E-state index contributed by atoms with van der Waals surface area (Å²) in [6.45, 7) is 2.96. The summed E-state index contributed by atoms with van der Waals surface area (Å²) in [6, 6.07) is 4.97. The van der Waals surface area contributed by atoms with Crippen LogP contribution in [-0.2, 0) is 15.7 Å². The van der Waals surface area contributed by atoms with Gasteiger partial charge in [-0.25, -0.2) is 4.79 Å². The van der Waals surface area contributed by atoms with Crippen LogP contribution in [0.15, 0.2) is 34.9 Å². The molecule has 1 heterocycles. The normalized spacial score (nSPS) is 12.5. The number of nitrogens with one attached hydrogen (secondary N) is 1. The largest absolute Gasteiger partial charge is 0.449 e. The fourth-order valence-electron chi connectivity index (χ4n) is 1.73. The van der Waals surface area contributed by atoms with Gasteiger partial charge in [-0.15, -0.1) is 0 Å². The number of rotatable bonds is 4. The minimum Gasteiger partial charge on any atom is -0.449 e. The Morgan fingerprint density at radius 1 is 1.25 bits per heavy atom. The van der Waals surface area contributed by atoms with Crippen molar-refractivity contribution in [2.75, 3.05) is 5.32 Å². The van der Waals surface area contributed by atoms with E-state index < -0.39 is 29.7 Å². The zero-order chi connectivity index (χ0) is 17.9. The fraction of sp³-hybridized carbons (Fsp3) is 0.267. The number of esters is 1. The molecular formula is C15H13F3N2O4. The Kier molecular flexibility index (Phi) is 4.91. The number of hydrogen-bond acceptors (Lipinski definition) is 5. The summed E-state index contributed by atoms with van der Waals surface area (Å²) in [4.78, 5) is 23.7. The van der Waals surface area contributed by atoms with Gasteiger partial charge in [-0.05, 0) is 38.1 Å². The van der Waals surface area contributed by atoms with E-state index in [1.165, 1.54) is 13.0 Å². The third kappa shape index (κ3) is 4.34. The minimum atomic E-state index is -4.49. The van der Waals surface area contributed by atoms with E-state index in [0.717, 1.165) is 24.3 Å².